The molecule has 53 heavy (non-hydrogen) atoms. The maximum atomic E-state index is 14.4. The van der Waals surface area contributed by atoms with Gasteiger partial charge in [0.1, 0.15) is 28.6 Å². The fourth-order valence-corrected chi connectivity index (χ4v) is 7.60. The van der Waals surface area contributed by atoms with E-state index in [0.717, 1.165) is 42.7 Å². The van der Waals surface area contributed by atoms with Gasteiger partial charge in [-0.3, -0.25) is 24.1 Å². The number of nitrogens with one attached hydrogen (secondary N) is 2. The van der Waals surface area contributed by atoms with Gasteiger partial charge in [0.05, 0.1) is 25.7 Å². The van der Waals surface area contributed by atoms with E-state index in [9.17, 15) is 29.4 Å². The number of hydrogen-bond acceptors (Lipinski definition) is 10. The third-order valence-corrected chi connectivity index (χ3v) is 11.3. The van der Waals surface area contributed by atoms with Gasteiger partial charge in [-0.2, -0.15) is 0 Å². The molecule has 296 valence electrons. The van der Waals surface area contributed by atoms with E-state index in [1.165, 1.54) is 0 Å². The Morgan fingerprint density at radius 2 is 1.75 bits per heavy atom. The number of likely N-dealkylation sites (tertiary alicyclic amines) is 1. The van der Waals surface area contributed by atoms with Gasteiger partial charge >= 0.3 is 5.97 Å². The third-order valence-electron chi connectivity index (χ3n) is 10.4. The second kappa shape index (κ2) is 21.3. The zero-order valence-electron chi connectivity index (χ0n) is 32.7. The number of aliphatic carboxylic acids is 1. The number of hydrogen-bond donors (Lipinski definition) is 4. The van der Waals surface area contributed by atoms with Crippen LogP contribution in [0, 0.1) is 17.8 Å². The number of aromatic nitrogens is 1. The Bertz CT molecular complexity index is 1470. The van der Waals surface area contributed by atoms with Crippen LogP contribution in [-0.4, -0.2) is 114 Å². The molecule has 2 aromatic rings. The normalized spacial score (nSPS) is 18.3. The van der Waals surface area contributed by atoms with Crippen LogP contribution in [0.25, 0.3) is 0 Å². The Hall–Kier alpha value is -3.59. The van der Waals surface area contributed by atoms with Gasteiger partial charge < -0.3 is 35.2 Å². The Kier molecular flexibility index (Phi) is 17.6. The number of benzene rings is 1. The number of nitrogens with zero attached hydrogens (tertiary/aromatic N) is 3. The number of likely N-dealkylation sites (N-methyl/N-ethyl adjacent to an activating group) is 1. The number of methoxy groups -OCH3 is 2. The minimum Gasteiger partial charge on any atom is -0.497 e. The molecule has 1 aromatic heterocycles. The largest absolute Gasteiger partial charge is 0.497 e. The number of amides is 3. The molecule has 1 fully saturated rings. The molecule has 4 N–H and O–H groups in total. The number of aliphatic hydroxyl groups is 1. The number of rotatable bonds is 21. The topological polar surface area (TPSA) is 171 Å². The van der Waals surface area contributed by atoms with Crippen molar-refractivity contribution < 1.29 is 38.9 Å². The molecule has 1 aliphatic heterocycles. The van der Waals surface area contributed by atoms with Crippen molar-refractivity contribution in [1.82, 2.24) is 25.4 Å². The molecule has 0 saturated carbocycles. The first-order valence-electron chi connectivity index (χ1n) is 18.8. The lowest BCUT2D eigenvalue weighted by Gasteiger charge is -2.39. The van der Waals surface area contributed by atoms with Crippen LogP contribution in [-0.2, 0) is 25.5 Å². The first-order chi connectivity index (χ1) is 25.2. The Morgan fingerprint density at radius 1 is 1.06 bits per heavy atom. The number of ether oxygens (including phenoxy) is 2. The molecular formula is C39H61N5O8S. The van der Waals surface area contributed by atoms with E-state index in [2.05, 4.69) is 15.6 Å². The van der Waals surface area contributed by atoms with Crippen molar-refractivity contribution in [2.75, 3.05) is 41.0 Å². The van der Waals surface area contributed by atoms with Crippen LogP contribution in [0.3, 0.4) is 0 Å². The maximum absolute atomic E-state index is 14.4. The lowest BCUT2D eigenvalue weighted by atomic mass is 9.92. The van der Waals surface area contributed by atoms with E-state index in [-0.39, 0.29) is 61.4 Å². The van der Waals surface area contributed by atoms with Gasteiger partial charge in [-0.15, -0.1) is 11.3 Å². The van der Waals surface area contributed by atoms with E-state index in [1.54, 1.807) is 31.4 Å². The molecule has 7 atom stereocenters. The Balaban J connectivity index is 1.79. The van der Waals surface area contributed by atoms with Crippen LogP contribution >= 0.6 is 11.3 Å². The summed E-state index contributed by atoms with van der Waals surface area (Å²) in [6.45, 7) is 10.9. The lowest BCUT2D eigenvalue weighted by Crippen LogP contribution is -2.59. The van der Waals surface area contributed by atoms with Crippen LogP contribution < -0.4 is 15.4 Å². The third kappa shape index (κ3) is 12.8. The molecule has 13 nitrogen and oxygen atoms in total. The maximum Gasteiger partial charge on any atom is 0.306 e. The average Bonchev–Trinajstić information content (AvgIpc) is 3.64. The molecule has 1 aliphatic rings. The van der Waals surface area contributed by atoms with E-state index >= 15 is 0 Å². The number of piperidine rings is 1. The summed E-state index contributed by atoms with van der Waals surface area (Å²) in [6, 6.07) is 5.43. The van der Waals surface area contributed by atoms with Crippen molar-refractivity contribution in [3.05, 3.63) is 45.9 Å². The summed E-state index contributed by atoms with van der Waals surface area (Å²) >= 11 is 1.15. The molecule has 0 bridgehead atoms. The first kappa shape index (κ1) is 43.8. The highest BCUT2D eigenvalue weighted by Crippen LogP contribution is 2.29. The molecule has 0 aliphatic carbocycles. The van der Waals surface area contributed by atoms with Gasteiger partial charge in [0.2, 0.25) is 11.8 Å². The van der Waals surface area contributed by atoms with Crippen LogP contribution in [0.15, 0.2) is 29.6 Å². The molecule has 3 amide bonds. The van der Waals surface area contributed by atoms with Crippen LogP contribution in [0.5, 0.6) is 5.75 Å². The van der Waals surface area contributed by atoms with Crippen molar-refractivity contribution in [3.63, 3.8) is 0 Å². The number of carboxylic acid groups (broad SMARTS) is 1. The molecule has 0 spiro atoms. The monoisotopic (exact) mass is 759 g/mol. The van der Waals surface area contributed by atoms with Crippen molar-refractivity contribution in [1.29, 1.82) is 0 Å². The Morgan fingerprint density at radius 3 is 2.34 bits per heavy atom. The number of thiazole rings is 1. The van der Waals surface area contributed by atoms with Gasteiger partial charge in [-0.1, -0.05) is 59.6 Å². The molecule has 1 saturated heterocycles. The first-order valence-corrected chi connectivity index (χ1v) is 19.7. The van der Waals surface area contributed by atoms with Crippen molar-refractivity contribution >= 4 is 35.0 Å². The van der Waals surface area contributed by atoms with E-state index in [0.29, 0.717) is 23.6 Å². The smallest absolute Gasteiger partial charge is 0.306 e. The van der Waals surface area contributed by atoms with Gasteiger partial charge in [-0.25, -0.2) is 4.98 Å². The van der Waals surface area contributed by atoms with Gasteiger partial charge in [0, 0.05) is 37.5 Å². The zero-order chi connectivity index (χ0) is 39.2. The summed E-state index contributed by atoms with van der Waals surface area (Å²) in [4.78, 5) is 61.4. The molecule has 0 radical (unpaired) electrons. The van der Waals surface area contributed by atoms with Crippen LogP contribution in [0.4, 0.5) is 0 Å². The predicted octanol–water partition coefficient (Wildman–Crippen LogP) is 4.54. The average molecular weight is 760 g/mol. The summed E-state index contributed by atoms with van der Waals surface area (Å²) in [7, 11) is 5.09. The second-order valence-electron chi connectivity index (χ2n) is 14.7. The molecular weight excluding hydrogens is 699 g/mol. The van der Waals surface area contributed by atoms with Crippen LogP contribution in [0.2, 0.25) is 0 Å². The summed E-state index contributed by atoms with van der Waals surface area (Å²) in [6.07, 6.45) is 3.13. The quantitative estimate of drug-likeness (QED) is 0.142. The summed E-state index contributed by atoms with van der Waals surface area (Å²) in [5, 5.41) is 29.1. The fourth-order valence-electron chi connectivity index (χ4n) is 6.81. The summed E-state index contributed by atoms with van der Waals surface area (Å²) in [5.74, 6) is -1.98. The molecule has 3 rings (SSSR count). The predicted molar refractivity (Wildman–Crippen MR) is 205 cm³/mol. The highest BCUT2D eigenvalue weighted by atomic mass is 32.1. The number of carboxylic acids is 1. The van der Waals surface area contributed by atoms with Gasteiger partial charge in [0.25, 0.3) is 5.91 Å². The van der Waals surface area contributed by atoms with Gasteiger partial charge in [0.15, 0.2) is 0 Å². The lowest BCUT2D eigenvalue weighted by molar-refractivity contribution is -0.143. The standard InChI is InChI=1S/C39H61N5O8S/c1-9-25(4)34(42-36(47)31-12-10-11-17-43(31)6)38(48)44(18-19-51-7)32(24(2)3)22-33(45)37-41-30(23-53-37)35(46)40-28(20-26(5)39(49)50)21-27-13-15-29(52-8)16-14-27/h13-16,23-26,28,31-34,45H,9-12,17-22H2,1-8H3,(H,40,46)(H,42,47)(H,49,50)/t25?,26-,28+,31?,32+,33+,34?/m0/s1. The van der Waals surface area contributed by atoms with Crippen molar-refractivity contribution in [2.24, 2.45) is 17.8 Å². The molecule has 1 aromatic carbocycles. The van der Waals surface area contributed by atoms with Gasteiger partial charge in [-0.05, 0) is 68.8 Å². The molecule has 3 unspecified atom stereocenters. The molecule has 2 heterocycles. The summed E-state index contributed by atoms with van der Waals surface area (Å²) in [5.41, 5.74) is 1.03. The van der Waals surface area contributed by atoms with E-state index in [1.807, 2.05) is 63.9 Å². The Labute approximate surface area is 318 Å². The summed E-state index contributed by atoms with van der Waals surface area (Å²) < 4.78 is 10.6. The van der Waals surface area contributed by atoms with E-state index < -0.39 is 42.0 Å². The highest BCUT2D eigenvalue weighted by molar-refractivity contribution is 7.09. The number of carbonyl (C=O) groups excluding carboxylic acids is 3. The fraction of sp³-hybridized carbons (Fsp3) is 0.667. The minimum atomic E-state index is -1.08. The number of carbonyl (C=O) groups is 4. The SMILES string of the molecule is CCC(C)C(NC(=O)C1CCCCN1C)C(=O)N(CCOC)[C@H](C[C@@H](O)c1nc(C(=O)N[C@@H](Cc2ccc(OC)cc2)C[C@H](C)C(=O)O)cs1)C(C)C. The second-order valence-corrected chi connectivity index (χ2v) is 15.6. The van der Waals surface area contributed by atoms with E-state index in [4.69, 9.17) is 9.47 Å². The van der Waals surface area contributed by atoms with Crippen molar-refractivity contribution in [2.45, 2.75) is 110 Å². The zero-order valence-corrected chi connectivity index (χ0v) is 33.5. The van der Waals surface area contributed by atoms with Crippen molar-refractivity contribution in [3.8, 4) is 5.75 Å². The number of aliphatic hydroxyl groups excluding tert-OH is 1. The highest BCUT2D eigenvalue weighted by Gasteiger charge is 2.38. The van der Waals surface area contributed by atoms with Crippen LogP contribution in [0.1, 0.15) is 100 Å². The minimum absolute atomic E-state index is 0.0686. The molecule has 14 heteroatoms.